The molecule has 2 aliphatic rings. The van der Waals surface area contributed by atoms with Crippen molar-refractivity contribution < 1.29 is 23.9 Å². The van der Waals surface area contributed by atoms with Crippen molar-refractivity contribution in [2.75, 3.05) is 0 Å². The average molecular weight is 491 g/mol. The topological polar surface area (TPSA) is 91.0 Å². The first kappa shape index (κ1) is 22.7. The number of rotatable bonds is 4. The van der Waals surface area contributed by atoms with E-state index in [-0.39, 0.29) is 11.9 Å². The third kappa shape index (κ3) is 4.25. The maximum atomic E-state index is 13.0. The lowest BCUT2D eigenvalue weighted by Gasteiger charge is -2.05. The van der Waals surface area contributed by atoms with Gasteiger partial charge >= 0.3 is 11.9 Å². The summed E-state index contributed by atoms with van der Waals surface area (Å²) in [6.07, 6.45) is 1.32. The number of carbonyl (C=O) groups excluding carboxylic acids is 2. The van der Waals surface area contributed by atoms with Crippen molar-refractivity contribution in [2.45, 2.75) is 26.7 Å². The van der Waals surface area contributed by atoms with Gasteiger partial charge in [0, 0.05) is 31.1 Å². The third-order valence-electron chi connectivity index (χ3n) is 6.62. The van der Waals surface area contributed by atoms with E-state index in [4.69, 9.17) is 9.47 Å². The van der Waals surface area contributed by atoms with E-state index in [0.717, 1.165) is 44.5 Å². The van der Waals surface area contributed by atoms with E-state index in [9.17, 15) is 14.8 Å². The summed E-state index contributed by atoms with van der Waals surface area (Å²) < 4.78 is 10.4. The molecule has 4 aromatic carbocycles. The zero-order valence-electron chi connectivity index (χ0n) is 20.3. The predicted molar refractivity (Wildman–Crippen MR) is 137 cm³/mol. The Morgan fingerprint density at radius 1 is 0.676 bits per heavy atom. The van der Waals surface area contributed by atoms with Crippen LogP contribution >= 0.6 is 0 Å². The molecule has 0 aromatic heterocycles. The molecule has 182 valence electrons. The highest BCUT2D eigenvalue weighted by molar-refractivity contribution is 5.80. The van der Waals surface area contributed by atoms with E-state index in [1.165, 1.54) is 13.8 Å². The number of benzene rings is 4. The van der Waals surface area contributed by atoms with Crippen LogP contribution in [0.2, 0.25) is 0 Å². The van der Waals surface area contributed by atoms with E-state index < -0.39 is 0 Å². The van der Waals surface area contributed by atoms with Crippen molar-refractivity contribution in [2.24, 2.45) is 5.11 Å². The van der Waals surface area contributed by atoms with Crippen LogP contribution < -0.4 is 9.47 Å². The molecule has 0 heterocycles. The predicted octanol–water partition coefficient (Wildman–Crippen LogP) is 6.61. The maximum Gasteiger partial charge on any atom is 0.308 e. The second-order valence-electron chi connectivity index (χ2n) is 9.23. The van der Waals surface area contributed by atoms with Gasteiger partial charge in [-0.15, -0.1) is 0 Å². The first-order valence-electron chi connectivity index (χ1n) is 11.9. The Bertz CT molecular complexity index is 1650. The summed E-state index contributed by atoms with van der Waals surface area (Å²) in [4.78, 5) is 23.2. The van der Waals surface area contributed by atoms with Gasteiger partial charge in [0.05, 0.1) is 0 Å². The molecule has 0 unspecified atom stereocenters. The average Bonchev–Trinajstić information content (AvgIpc) is 3.39. The standard InChI is InChI=1S/C30H22N2O5/c1-17(33)36-25-5-9-29-21(15-25)11-19-13-23(3-7-27(19)29)31-32(35)24-4-8-28-20(14-24)12-22-16-26(37-18(2)34)6-10-30(22)28/h3-10,13-16H,11-12H2,1-2H3. The van der Waals surface area contributed by atoms with Gasteiger partial charge in [0.25, 0.3) is 0 Å². The molecule has 0 radical (unpaired) electrons. The van der Waals surface area contributed by atoms with Crippen LogP contribution in [0.15, 0.2) is 77.9 Å². The summed E-state index contributed by atoms with van der Waals surface area (Å²) in [7, 11) is 0. The Hall–Kier alpha value is -4.78. The second kappa shape index (κ2) is 8.71. The lowest BCUT2D eigenvalue weighted by atomic mass is 10.1. The van der Waals surface area contributed by atoms with Crippen LogP contribution in [0.25, 0.3) is 22.3 Å². The molecule has 0 aliphatic heterocycles. The van der Waals surface area contributed by atoms with Crippen LogP contribution in [-0.2, 0) is 22.4 Å². The lowest BCUT2D eigenvalue weighted by Crippen LogP contribution is -2.01. The van der Waals surface area contributed by atoms with Gasteiger partial charge in [-0.25, -0.2) is 0 Å². The Labute approximate surface area is 213 Å². The first-order valence-corrected chi connectivity index (χ1v) is 11.9. The van der Waals surface area contributed by atoms with Crippen LogP contribution in [0.1, 0.15) is 36.1 Å². The van der Waals surface area contributed by atoms with Gasteiger partial charge in [-0.3, -0.25) is 9.59 Å². The summed E-state index contributed by atoms with van der Waals surface area (Å²) in [5.41, 5.74) is 9.53. The van der Waals surface area contributed by atoms with Crippen molar-refractivity contribution in [1.29, 1.82) is 0 Å². The smallest absolute Gasteiger partial charge is 0.308 e. The minimum absolute atomic E-state index is 0.353. The number of nitrogens with zero attached hydrogens (tertiary/aromatic N) is 2. The molecule has 0 spiro atoms. The molecule has 6 rings (SSSR count). The molecule has 0 atom stereocenters. The van der Waals surface area contributed by atoms with E-state index >= 15 is 0 Å². The number of ether oxygens (including phenoxy) is 2. The fourth-order valence-electron chi connectivity index (χ4n) is 5.15. The highest BCUT2D eigenvalue weighted by Gasteiger charge is 2.23. The molecule has 7 nitrogen and oxygen atoms in total. The Balaban J connectivity index is 1.24. The normalized spacial score (nSPS) is 12.9. The number of carbonyl (C=O) groups is 2. The number of esters is 2. The largest absolute Gasteiger partial charge is 0.594 e. The van der Waals surface area contributed by atoms with Crippen LogP contribution in [0, 0.1) is 5.21 Å². The minimum atomic E-state index is -0.358. The monoisotopic (exact) mass is 490 g/mol. The summed E-state index contributed by atoms with van der Waals surface area (Å²) in [6.45, 7) is 2.76. The Morgan fingerprint density at radius 2 is 1.14 bits per heavy atom. The van der Waals surface area contributed by atoms with Gasteiger partial charge in [-0.2, -0.15) is 0 Å². The molecular formula is C30H22N2O5. The Morgan fingerprint density at radius 3 is 1.68 bits per heavy atom. The summed E-state index contributed by atoms with van der Waals surface area (Å²) in [5, 5.41) is 17.3. The number of fused-ring (bicyclic) bond motifs is 6. The van der Waals surface area contributed by atoms with Gasteiger partial charge < -0.3 is 14.7 Å². The van der Waals surface area contributed by atoms with Gasteiger partial charge in [0.2, 0.25) is 5.69 Å². The first-order chi connectivity index (χ1) is 17.8. The SMILES string of the molecule is CC(=O)Oc1ccc2c(c1)Cc1cc(N=[N+]([O-])c3ccc4c(c3)Cc3cc(OC(C)=O)ccc3-4)ccc1-2. The van der Waals surface area contributed by atoms with Crippen LogP contribution in [0.5, 0.6) is 11.5 Å². The molecule has 2 aliphatic carbocycles. The molecule has 37 heavy (non-hydrogen) atoms. The van der Waals surface area contributed by atoms with Crippen molar-refractivity contribution in [3.05, 3.63) is 100 Å². The maximum absolute atomic E-state index is 13.0. The zero-order chi connectivity index (χ0) is 25.7. The minimum Gasteiger partial charge on any atom is -0.594 e. The fourth-order valence-corrected chi connectivity index (χ4v) is 5.15. The van der Waals surface area contributed by atoms with E-state index in [1.54, 1.807) is 18.2 Å². The van der Waals surface area contributed by atoms with Crippen LogP contribution in [-0.4, -0.2) is 16.8 Å². The fraction of sp³-hybridized carbons (Fsp3) is 0.133. The summed E-state index contributed by atoms with van der Waals surface area (Å²) in [5.74, 6) is 0.329. The summed E-state index contributed by atoms with van der Waals surface area (Å²) >= 11 is 0. The van der Waals surface area contributed by atoms with Crippen molar-refractivity contribution in [3.63, 3.8) is 0 Å². The molecule has 0 saturated carbocycles. The van der Waals surface area contributed by atoms with Gasteiger partial charge in [0.1, 0.15) is 17.2 Å². The van der Waals surface area contributed by atoms with Gasteiger partial charge in [0.15, 0.2) is 0 Å². The molecule has 0 saturated heterocycles. The third-order valence-corrected chi connectivity index (χ3v) is 6.62. The molecule has 4 aromatic rings. The van der Waals surface area contributed by atoms with Crippen LogP contribution in [0.4, 0.5) is 11.4 Å². The number of hydrogen-bond donors (Lipinski definition) is 0. The number of hydrogen-bond acceptors (Lipinski definition) is 6. The van der Waals surface area contributed by atoms with E-state index in [1.807, 2.05) is 54.6 Å². The zero-order valence-corrected chi connectivity index (χ0v) is 20.3. The highest BCUT2D eigenvalue weighted by Crippen LogP contribution is 2.41. The van der Waals surface area contributed by atoms with Crippen molar-refractivity contribution >= 4 is 23.3 Å². The second-order valence-corrected chi connectivity index (χ2v) is 9.23. The van der Waals surface area contributed by atoms with Crippen molar-refractivity contribution in [3.8, 4) is 33.8 Å². The van der Waals surface area contributed by atoms with Gasteiger partial charge in [-0.05, 0) is 99.8 Å². The molecule has 0 fully saturated rings. The Kier molecular flexibility index (Phi) is 5.34. The van der Waals surface area contributed by atoms with Crippen molar-refractivity contribution in [1.82, 2.24) is 0 Å². The van der Waals surface area contributed by atoms with Gasteiger partial charge in [-0.1, -0.05) is 23.1 Å². The van der Waals surface area contributed by atoms with E-state index in [2.05, 4.69) is 5.11 Å². The molecule has 0 amide bonds. The highest BCUT2D eigenvalue weighted by atomic mass is 16.5. The molecule has 0 bridgehead atoms. The molecule has 7 heteroatoms. The number of azo groups is 1. The molecule has 0 N–H and O–H groups in total. The summed E-state index contributed by atoms with van der Waals surface area (Å²) in [6, 6.07) is 22.5. The van der Waals surface area contributed by atoms with Crippen LogP contribution in [0.3, 0.4) is 0 Å². The lowest BCUT2D eigenvalue weighted by molar-refractivity contribution is -0.435. The molecular weight excluding hydrogens is 468 g/mol. The van der Waals surface area contributed by atoms with E-state index in [0.29, 0.717) is 40.6 Å². The quantitative estimate of drug-likeness (QED) is 0.0912.